The molecule has 0 spiro atoms. The number of nitrogens with one attached hydrogen (secondary N) is 1. The van der Waals surface area contributed by atoms with Crippen molar-refractivity contribution in [1.82, 2.24) is 5.32 Å². The van der Waals surface area contributed by atoms with Gasteiger partial charge in [-0.3, -0.25) is 4.79 Å². The summed E-state index contributed by atoms with van der Waals surface area (Å²) in [5, 5.41) is 3.63. The smallest absolute Gasteiger partial charge is 0.244 e. The minimum absolute atomic E-state index is 0.0564. The maximum atomic E-state index is 12.2. The van der Waals surface area contributed by atoms with Crippen LogP contribution in [0.3, 0.4) is 0 Å². The third-order valence-corrected chi connectivity index (χ3v) is 5.96. The van der Waals surface area contributed by atoms with Crippen LogP contribution >= 0.6 is 11.6 Å². The molecular weight excluding hydrogens is 326 g/mol. The second kappa shape index (κ2) is 6.32. The molecular formula is C19H22ClNO3. The first-order valence-electron chi connectivity index (χ1n) is 8.68. The fourth-order valence-corrected chi connectivity index (χ4v) is 4.81. The highest BCUT2D eigenvalue weighted by molar-refractivity contribution is 6.32. The predicted octanol–water partition coefficient (Wildman–Crippen LogP) is 4.02. The number of hydrogen-bond donors (Lipinski definition) is 1. The van der Waals surface area contributed by atoms with E-state index in [1.807, 2.05) is 6.07 Å². The molecule has 2 saturated carbocycles. The Balaban J connectivity index is 1.37. The lowest BCUT2D eigenvalue weighted by molar-refractivity contribution is -0.117. The van der Waals surface area contributed by atoms with E-state index in [1.165, 1.54) is 25.7 Å². The number of halogens is 1. The maximum Gasteiger partial charge on any atom is 0.244 e. The van der Waals surface area contributed by atoms with Gasteiger partial charge in [0, 0.05) is 12.1 Å². The molecule has 4 atom stereocenters. The Morgan fingerprint density at radius 2 is 2.21 bits per heavy atom. The minimum atomic E-state index is -0.0564. The summed E-state index contributed by atoms with van der Waals surface area (Å²) in [4.78, 5) is 12.2. The van der Waals surface area contributed by atoms with Crippen molar-refractivity contribution in [2.24, 2.45) is 17.8 Å². The van der Waals surface area contributed by atoms with Gasteiger partial charge < -0.3 is 14.8 Å². The molecule has 5 heteroatoms. The van der Waals surface area contributed by atoms with Gasteiger partial charge in [-0.2, -0.15) is 0 Å². The zero-order valence-electron chi connectivity index (χ0n) is 13.8. The standard InChI is InChI=1S/C19H22ClNO3/c1-11(15-7-12-2-4-14(15)6-12)21-18(22)5-3-13-8-16(20)19-17(9-13)23-10-24-19/h3,5,8-9,11-12,14-15H,2,4,6-7,10H2,1H3,(H,21,22)/b5-3+. The second-order valence-corrected chi connectivity index (χ2v) is 7.61. The van der Waals surface area contributed by atoms with Crippen LogP contribution in [-0.4, -0.2) is 18.7 Å². The van der Waals surface area contributed by atoms with Crippen LogP contribution in [0.2, 0.25) is 5.02 Å². The lowest BCUT2D eigenvalue weighted by Crippen LogP contribution is -2.39. The third kappa shape index (κ3) is 3.00. The Hall–Kier alpha value is -1.68. The average Bonchev–Trinajstić information content (AvgIpc) is 3.28. The molecule has 128 valence electrons. The molecule has 0 radical (unpaired) electrons. The van der Waals surface area contributed by atoms with Crippen LogP contribution in [0.25, 0.3) is 6.08 Å². The van der Waals surface area contributed by atoms with E-state index in [1.54, 1.807) is 18.2 Å². The molecule has 4 nitrogen and oxygen atoms in total. The van der Waals surface area contributed by atoms with E-state index < -0.39 is 0 Å². The van der Waals surface area contributed by atoms with E-state index in [4.69, 9.17) is 21.1 Å². The first-order chi connectivity index (χ1) is 11.6. The fraction of sp³-hybridized carbons (Fsp3) is 0.526. The van der Waals surface area contributed by atoms with E-state index in [-0.39, 0.29) is 18.7 Å². The van der Waals surface area contributed by atoms with Gasteiger partial charge in [0.1, 0.15) is 0 Å². The number of fused-ring (bicyclic) bond motifs is 3. The van der Waals surface area contributed by atoms with Crippen LogP contribution < -0.4 is 14.8 Å². The summed E-state index contributed by atoms with van der Waals surface area (Å²) in [7, 11) is 0. The maximum absolute atomic E-state index is 12.2. The van der Waals surface area contributed by atoms with E-state index >= 15 is 0 Å². The molecule has 2 aliphatic carbocycles. The molecule has 1 heterocycles. The van der Waals surface area contributed by atoms with E-state index in [2.05, 4.69) is 12.2 Å². The van der Waals surface area contributed by atoms with Gasteiger partial charge in [-0.05, 0) is 67.7 Å². The highest BCUT2D eigenvalue weighted by Gasteiger charge is 2.41. The van der Waals surface area contributed by atoms with Crippen molar-refractivity contribution in [3.05, 3.63) is 28.8 Å². The molecule has 1 N–H and O–H groups in total. The summed E-state index contributed by atoms with van der Waals surface area (Å²) < 4.78 is 10.6. The summed E-state index contributed by atoms with van der Waals surface area (Å²) in [6, 6.07) is 3.84. The lowest BCUT2D eigenvalue weighted by Gasteiger charge is -2.28. The van der Waals surface area contributed by atoms with Gasteiger partial charge in [0.2, 0.25) is 12.7 Å². The van der Waals surface area contributed by atoms with E-state index in [0.29, 0.717) is 22.4 Å². The topological polar surface area (TPSA) is 47.6 Å². The SMILES string of the molecule is CC(NC(=O)/C=C/c1cc(Cl)c2c(c1)OCO2)C1CC2CCC1C2. The molecule has 0 saturated heterocycles. The summed E-state index contributed by atoms with van der Waals surface area (Å²) in [6.45, 7) is 2.32. The summed E-state index contributed by atoms with van der Waals surface area (Å²) >= 11 is 6.16. The predicted molar refractivity (Wildman–Crippen MR) is 93.2 cm³/mol. The molecule has 4 unspecified atom stereocenters. The monoisotopic (exact) mass is 347 g/mol. The van der Waals surface area contributed by atoms with Crippen LogP contribution in [0.4, 0.5) is 0 Å². The minimum Gasteiger partial charge on any atom is -0.454 e. The lowest BCUT2D eigenvalue weighted by atomic mass is 9.84. The van der Waals surface area contributed by atoms with Gasteiger partial charge in [-0.25, -0.2) is 0 Å². The molecule has 3 aliphatic rings. The van der Waals surface area contributed by atoms with Crippen molar-refractivity contribution in [2.45, 2.75) is 38.6 Å². The molecule has 1 aliphatic heterocycles. The molecule has 0 aromatic heterocycles. The Bertz CT molecular complexity index is 687. The first kappa shape index (κ1) is 15.8. The van der Waals surface area contributed by atoms with Crippen molar-refractivity contribution in [3.63, 3.8) is 0 Å². The molecule has 1 aromatic carbocycles. The third-order valence-electron chi connectivity index (χ3n) is 5.68. The summed E-state index contributed by atoms with van der Waals surface area (Å²) in [5.74, 6) is 3.48. The van der Waals surface area contributed by atoms with Gasteiger partial charge in [0.25, 0.3) is 0 Å². The number of hydrogen-bond acceptors (Lipinski definition) is 3. The highest BCUT2D eigenvalue weighted by atomic mass is 35.5. The Labute approximate surface area is 147 Å². The van der Waals surface area contributed by atoms with Crippen LogP contribution in [0, 0.1) is 17.8 Å². The largest absolute Gasteiger partial charge is 0.454 e. The van der Waals surface area contributed by atoms with Gasteiger partial charge in [0.15, 0.2) is 11.5 Å². The van der Waals surface area contributed by atoms with Crippen LogP contribution in [-0.2, 0) is 4.79 Å². The molecule has 1 amide bonds. The number of rotatable bonds is 4. The van der Waals surface area contributed by atoms with Crippen LogP contribution in [0.15, 0.2) is 18.2 Å². The van der Waals surface area contributed by atoms with Crippen molar-refractivity contribution in [2.75, 3.05) is 6.79 Å². The van der Waals surface area contributed by atoms with Crippen molar-refractivity contribution in [1.29, 1.82) is 0 Å². The summed E-state index contributed by atoms with van der Waals surface area (Å²) in [5.41, 5.74) is 0.826. The van der Waals surface area contributed by atoms with Gasteiger partial charge in [-0.15, -0.1) is 0 Å². The number of amides is 1. The molecule has 2 fully saturated rings. The second-order valence-electron chi connectivity index (χ2n) is 7.21. The van der Waals surface area contributed by atoms with Crippen LogP contribution in [0.5, 0.6) is 11.5 Å². The Morgan fingerprint density at radius 1 is 1.33 bits per heavy atom. The summed E-state index contributed by atoms with van der Waals surface area (Å²) in [6.07, 6.45) is 8.67. The zero-order valence-corrected chi connectivity index (χ0v) is 14.5. The number of ether oxygens (including phenoxy) is 2. The molecule has 4 rings (SSSR count). The Kier molecular flexibility index (Phi) is 4.17. The number of carbonyl (C=O) groups excluding carboxylic acids is 1. The quantitative estimate of drug-likeness (QED) is 0.837. The zero-order chi connectivity index (χ0) is 16.7. The van der Waals surface area contributed by atoms with Crippen molar-refractivity contribution < 1.29 is 14.3 Å². The van der Waals surface area contributed by atoms with E-state index in [9.17, 15) is 4.79 Å². The average molecular weight is 348 g/mol. The van der Waals surface area contributed by atoms with Gasteiger partial charge in [-0.1, -0.05) is 18.0 Å². The van der Waals surface area contributed by atoms with Gasteiger partial charge in [0.05, 0.1) is 5.02 Å². The molecule has 1 aromatic rings. The van der Waals surface area contributed by atoms with Crippen molar-refractivity contribution >= 4 is 23.6 Å². The van der Waals surface area contributed by atoms with Gasteiger partial charge >= 0.3 is 0 Å². The highest BCUT2D eigenvalue weighted by Crippen LogP contribution is 2.49. The number of carbonyl (C=O) groups is 1. The number of benzene rings is 1. The molecule has 24 heavy (non-hydrogen) atoms. The van der Waals surface area contributed by atoms with Crippen molar-refractivity contribution in [3.8, 4) is 11.5 Å². The Morgan fingerprint density at radius 3 is 2.96 bits per heavy atom. The van der Waals surface area contributed by atoms with E-state index in [0.717, 1.165) is 17.4 Å². The first-order valence-corrected chi connectivity index (χ1v) is 9.05. The van der Waals surface area contributed by atoms with Crippen LogP contribution in [0.1, 0.15) is 38.2 Å². The normalized spacial score (nSPS) is 28.5. The fourth-order valence-electron chi connectivity index (χ4n) is 4.54. The molecule has 2 bridgehead atoms.